The third kappa shape index (κ3) is 2.95. The lowest BCUT2D eigenvalue weighted by molar-refractivity contribution is 0.560. The van der Waals surface area contributed by atoms with Crippen molar-refractivity contribution in [3.05, 3.63) is 35.9 Å². The van der Waals surface area contributed by atoms with Gasteiger partial charge in [-0.1, -0.05) is 58.0 Å². The van der Waals surface area contributed by atoms with E-state index in [4.69, 9.17) is 0 Å². The number of benzene rings is 1. The van der Waals surface area contributed by atoms with Gasteiger partial charge in [-0.15, -0.1) is 0 Å². The third-order valence-electron chi connectivity index (χ3n) is 3.02. The molecule has 2 heteroatoms. The molecule has 1 aromatic rings. The van der Waals surface area contributed by atoms with Crippen LogP contribution in [0.3, 0.4) is 0 Å². The monoisotopic (exact) mass is 224 g/mol. The maximum Gasteiger partial charge on any atom is 0.0966 e. The van der Waals surface area contributed by atoms with Crippen molar-refractivity contribution in [3.8, 4) is 0 Å². The molecule has 0 bridgehead atoms. The molecule has 0 N–H and O–H groups in total. The molecule has 0 amide bonds. The van der Waals surface area contributed by atoms with Crippen LogP contribution >= 0.6 is 7.14 Å². The lowest BCUT2D eigenvalue weighted by Gasteiger charge is -2.26. The van der Waals surface area contributed by atoms with Crippen LogP contribution in [0.15, 0.2) is 30.3 Å². The van der Waals surface area contributed by atoms with Gasteiger partial charge in [-0.25, -0.2) is 0 Å². The molecule has 1 aromatic carbocycles. The number of hydrogen-bond donors (Lipinski definition) is 0. The molecule has 84 valence electrons. The Morgan fingerprint density at radius 3 is 1.87 bits per heavy atom. The standard InChI is InChI=1S/C13H21OP/c1-11(2)15(14,12(3)4)10-13-8-6-5-7-9-13/h5-9,11-12H,10H2,1-4H3. The van der Waals surface area contributed by atoms with Gasteiger partial charge in [-0.2, -0.15) is 0 Å². The minimum absolute atomic E-state index is 0.276. The van der Waals surface area contributed by atoms with Gasteiger partial charge in [0.1, 0.15) is 0 Å². The van der Waals surface area contributed by atoms with Crippen molar-refractivity contribution in [3.63, 3.8) is 0 Å². The minimum atomic E-state index is -2.09. The number of hydrogen-bond acceptors (Lipinski definition) is 1. The minimum Gasteiger partial charge on any atom is -0.323 e. The molecule has 0 spiro atoms. The molecule has 0 radical (unpaired) electrons. The Morgan fingerprint density at radius 2 is 1.47 bits per heavy atom. The van der Waals surface area contributed by atoms with E-state index in [-0.39, 0.29) is 11.3 Å². The highest BCUT2D eigenvalue weighted by Gasteiger charge is 2.30. The van der Waals surface area contributed by atoms with Gasteiger partial charge in [-0.3, -0.25) is 0 Å². The van der Waals surface area contributed by atoms with E-state index in [9.17, 15) is 4.57 Å². The van der Waals surface area contributed by atoms with Gasteiger partial charge < -0.3 is 4.57 Å². The van der Waals surface area contributed by atoms with Crippen LogP contribution in [0.5, 0.6) is 0 Å². The maximum absolute atomic E-state index is 12.8. The first-order valence-electron chi connectivity index (χ1n) is 5.59. The summed E-state index contributed by atoms with van der Waals surface area (Å²) in [4.78, 5) is 0. The fourth-order valence-corrected chi connectivity index (χ4v) is 4.53. The summed E-state index contributed by atoms with van der Waals surface area (Å²) in [6.07, 6.45) is 0.739. The lowest BCUT2D eigenvalue weighted by Crippen LogP contribution is -2.10. The Balaban J connectivity index is 2.91. The van der Waals surface area contributed by atoms with Crippen LogP contribution in [0.2, 0.25) is 0 Å². The molecule has 0 aromatic heterocycles. The van der Waals surface area contributed by atoms with Crippen LogP contribution in [0.1, 0.15) is 33.3 Å². The van der Waals surface area contributed by atoms with Crippen LogP contribution < -0.4 is 0 Å². The molecule has 0 atom stereocenters. The highest BCUT2D eigenvalue weighted by atomic mass is 31.2. The Morgan fingerprint density at radius 1 is 1.00 bits per heavy atom. The largest absolute Gasteiger partial charge is 0.323 e. The van der Waals surface area contributed by atoms with Gasteiger partial charge in [0, 0.05) is 17.5 Å². The van der Waals surface area contributed by atoms with Crippen molar-refractivity contribution in [2.75, 3.05) is 0 Å². The van der Waals surface area contributed by atoms with Gasteiger partial charge in [0.25, 0.3) is 0 Å². The van der Waals surface area contributed by atoms with Crippen LogP contribution in [0.4, 0.5) is 0 Å². The van der Waals surface area contributed by atoms with E-state index < -0.39 is 7.14 Å². The first-order valence-corrected chi connectivity index (χ1v) is 7.62. The summed E-state index contributed by atoms with van der Waals surface area (Å²) >= 11 is 0. The second kappa shape index (κ2) is 4.99. The van der Waals surface area contributed by atoms with Gasteiger partial charge in [0.2, 0.25) is 0 Å². The summed E-state index contributed by atoms with van der Waals surface area (Å²) in [5, 5.41) is 0. The zero-order valence-corrected chi connectivity index (χ0v) is 11.0. The molecule has 1 nitrogen and oxygen atoms in total. The Kier molecular flexibility index (Phi) is 4.16. The topological polar surface area (TPSA) is 17.1 Å². The average Bonchev–Trinajstić information content (AvgIpc) is 2.18. The Labute approximate surface area is 93.3 Å². The van der Waals surface area contributed by atoms with Gasteiger partial charge >= 0.3 is 0 Å². The smallest absolute Gasteiger partial charge is 0.0966 e. The van der Waals surface area contributed by atoms with E-state index in [1.165, 1.54) is 5.56 Å². The Bertz CT molecular complexity index is 329. The van der Waals surface area contributed by atoms with E-state index >= 15 is 0 Å². The molecule has 0 aliphatic heterocycles. The van der Waals surface area contributed by atoms with Crippen molar-refractivity contribution in [2.45, 2.75) is 45.2 Å². The molecular weight excluding hydrogens is 203 g/mol. The van der Waals surface area contributed by atoms with Crippen LogP contribution in [0.25, 0.3) is 0 Å². The summed E-state index contributed by atoms with van der Waals surface area (Å²) in [5.74, 6) is 0. The van der Waals surface area contributed by atoms with Crippen LogP contribution in [-0.2, 0) is 10.7 Å². The molecule has 0 fully saturated rings. The van der Waals surface area contributed by atoms with Gasteiger partial charge in [0.05, 0.1) is 7.14 Å². The summed E-state index contributed by atoms with van der Waals surface area (Å²) in [7, 11) is -2.09. The highest BCUT2D eigenvalue weighted by Crippen LogP contribution is 2.57. The normalized spacial score (nSPS) is 12.4. The first kappa shape index (κ1) is 12.5. The molecule has 0 aliphatic rings. The van der Waals surface area contributed by atoms with Gasteiger partial charge in [0.15, 0.2) is 0 Å². The van der Waals surface area contributed by atoms with E-state index in [0.717, 1.165) is 6.16 Å². The molecule has 1 rings (SSSR count). The van der Waals surface area contributed by atoms with E-state index in [0.29, 0.717) is 0 Å². The van der Waals surface area contributed by atoms with E-state index in [2.05, 4.69) is 39.8 Å². The molecule has 0 heterocycles. The molecular formula is C13H21OP. The van der Waals surface area contributed by atoms with Crippen LogP contribution in [0, 0.1) is 0 Å². The molecule has 15 heavy (non-hydrogen) atoms. The lowest BCUT2D eigenvalue weighted by atomic mass is 10.2. The third-order valence-corrected chi connectivity index (χ3v) is 7.38. The average molecular weight is 224 g/mol. The van der Waals surface area contributed by atoms with Crippen molar-refractivity contribution < 1.29 is 4.57 Å². The second-order valence-electron chi connectivity index (χ2n) is 4.69. The summed E-state index contributed by atoms with van der Waals surface area (Å²) < 4.78 is 12.8. The summed E-state index contributed by atoms with van der Waals surface area (Å²) in [6.45, 7) is 8.29. The van der Waals surface area contributed by atoms with Crippen molar-refractivity contribution in [1.82, 2.24) is 0 Å². The predicted octanol–water partition coefficient (Wildman–Crippen LogP) is 4.37. The summed E-state index contributed by atoms with van der Waals surface area (Å²) in [5.41, 5.74) is 1.75. The fraction of sp³-hybridized carbons (Fsp3) is 0.538. The molecule has 0 unspecified atom stereocenters. The Hall–Kier alpha value is -0.550. The number of rotatable bonds is 4. The van der Waals surface area contributed by atoms with Crippen molar-refractivity contribution in [2.24, 2.45) is 0 Å². The first-order chi connectivity index (χ1) is 6.97. The molecule has 0 saturated carbocycles. The van der Waals surface area contributed by atoms with Crippen LogP contribution in [-0.4, -0.2) is 11.3 Å². The quantitative estimate of drug-likeness (QED) is 0.694. The zero-order chi connectivity index (χ0) is 11.5. The highest BCUT2D eigenvalue weighted by molar-refractivity contribution is 7.64. The zero-order valence-electron chi connectivity index (χ0n) is 10.1. The summed E-state index contributed by atoms with van der Waals surface area (Å²) in [6, 6.07) is 10.2. The van der Waals surface area contributed by atoms with Crippen molar-refractivity contribution in [1.29, 1.82) is 0 Å². The predicted molar refractivity (Wildman–Crippen MR) is 68.0 cm³/mol. The maximum atomic E-state index is 12.8. The van der Waals surface area contributed by atoms with E-state index in [1.54, 1.807) is 0 Å². The van der Waals surface area contributed by atoms with E-state index in [1.807, 2.05) is 18.2 Å². The van der Waals surface area contributed by atoms with Gasteiger partial charge in [-0.05, 0) is 5.56 Å². The fourth-order valence-electron chi connectivity index (χ4n) is 1.83. The second-order valence-corrected chi connectivity index (χ2v) is 8.78. The molecule has 0 saturated heterocycles. The molecule has 0 aliphatic carbocycles. The SMILES string of the molecule is CC(C)P(=O)(Cc1ccccc1)C(C)C. The van der Waals surface area contributed by atoms with Crippen molar-refractivity contribution >= 4 is 7.14 Å².